The Morgan fingerprint density at radius 1 is 1.31 bits per heavy atom. The molecule has 0 saturated carbocycles. The minimum atomic E-state index is -0.704. The maximum atomic E-state index is 11.4. The summed E-state index contributed by atoms with van der Waals surface area (Å²) in [5.41, 5.74) is 0.434. The third kappa shape index (κ3) is 3.37. The molecule has 0 spiro atoms. The van der Waals surface area contributed by atoms with E-state index in [2.05, 4.69) is 13.8 Å². The zero-order chi connectivity index (χ0) is 12.2. The molecular formula is C14H20O2. The van der Waals surface area contributed by atoms with Crippen LogP contribution in [0.15, 0.2) is 30.3 Å². The van der Waals surface area contributed by atoms with Crippen molar-refractivity contribution in [2.45, 2.75) is 33.6 Å². The van der Waals surface area contributed by atoms with Gasteiger partial charge in [-0.15, -0.1) is 0 Å². The summed E-state index contributed by atoms with van der Waals surface area (Å²) in [6, 6.07) is 9.83. The summed E-state index contributed by atoms with van der Waals surface area (Å²) >= 11 is 0. The molecule has 16 heavy (non-hydrogen) atoms. The Balaban J connectivity index is 2.83. The summed E-state index contributed by atoms with van der Waals surface area (Å²) in [7, 11) is 0. The summed E-state index contributed by atoms with van der Waals surface area (Å²) in [5.74, 6) is -0.310. The zero-order valence-electron chi connectivity index (χ0n) is 10.2. The Labute approximate surface area is 97.3 Å². The van der Waals surface area contributed by atoms with Crippen molar-refractivity contribution in [3.63, 3.8) is 0 Å². The minimum Gasteiger partial charge on any atom is -0.481 e. The fourth-order valence-corrected chi connectivity index (χ4v) is 2.18. The van der Waals surface area contributed by atoms with Gasteiger partial charge in [0.25, 0.3) is 0 Å². The van der Waals surface area contributed by atoms with E-state index in [-0.39, 0.29) is 0 Å². The van der Waals surface area contributed by atoms with E-state index in [0.29, 0.717) is 18.8 Å². The highest BCUT2D eigenvalue weighted by molar-refractivity contribution is 5.74. The standard InChI is InChI=1S/C14H20O2/c1-11(2)9-14(3,13(15)16)10-12-7-5-4-6-8-12/h4-8,11H,9-10H2,1-3H3,(H,15,16)/t14-/m0/s1. The van der Waals surface area contributed by atoms with Gasteiger partial charge in [-0.2, -0.15) is 0 Å². The smallest absolute Gasteiger partial charge is 0.309 e. The fourth-order valence-electron chi connectivity index (χ4n) is 2.18. The Kier molecular flexibility index (Phi) is 4.11. The van der Waals surface area contributed by atoms with Crippen LogP contribution in [0.2, 0.25) is 0 Å². The third-order valence-electron chi connectivity index (χ3n) is 2.81. The van der Waals surface area contributed by atoms with Gasteiger partial charge in [-0.1, -0.05) is 44.2 Å². The van der Waals surface area contributed by atoms with Crippen molar-refractivity contribution < 1.29 is 9.90 Å². The highest BCUT2D eigenvalue weighted by Crippen LogP contribution is 2.30. The highest BCUT2D eigenvalue weighted by atomic mass is 16.4. The van der Waals surface area contributed by atoms with Crippen molar-refractivity contribution in [3.8, 4) is 0 Å². The predicted molar refractivity (Wildman–Crippen MR) is 65.3 cm³/mol. The summed E-state index contributed by atoms with van der Waals surface area (Å²) in [4.78, 5) is 11.4. The summed E-state index contributed by atoms with van der Waals surface area (Å²) in [5, 5.41) is 9.34. The molecule has 0 radical (unpaired) electrons. The Bertz CT molecular complexity index is 343. The number of carbonyl (C=O) groups is 1. The molecule has 0 saturated heterocycles. The van der Waals surface area contributed by atoms with Crippen LogP contribution in [-0.4, -0.2) is 11.1 Å². The predicted octanol–water partition coefficient (Wildman–Crippen LogP) is 3.37. The van der Waals surface area contributed by atoms with E-state index in [1.807, 2.05) is 37.3 Å². The maximum Gasteiger partial charge on any atom is 0.309 e. The van der Waals surface area contributed by atoms with Crippen molar-refractivity contribution in [2.75, 3.05) is 0 Å². The molecular weight excluding hydrogens is 200 g/mol. The van der Waals surface area contributed by atoms with Crippen molar-refractivity contribution in [3.05, 3.63) is 35.9 Å². The highest BCUT2D eigenvalue weighted by Gasteiger charge is 2.33. The van der Waals surface area contributed by atoms with Gasteiger partial charge in [0.15, 0.2) is 0 Å². The Morgan fingerprint density at radius 3 is 2.31 bits per heavy atom. The summed E-state index contributed by atoms with van der Waals surface area (Å²) in [6.45, 7) is 5.96. The molecule has 0 bridgehead atoms. The number of benzene rings is 1. The van der Waals surface area contributed by atoms with Crippen LogP contribution in [0.25, 0.3) is 0 Å². The van der Waals surface area contributed by atoms with Gasteiger partial charge in [0, 0.05) is 0 Å². The Hall–Kier alpha value is -1.31. The number of hydrogen-bond acceptors (Lipinski definition) is 1. The van der Waals surface area contributed by atoms with Gasteiger partial charge >= 0.3 is 5.97 Å². The van der Waals surface area contributed by atoms with E-state index in [1.54, 1.807) is 0 Å². The van der Waals surface area contributed by atoms with Gasteiger partial charge in [0.1, 0.15) is 0 Å². The molecule has 0 aliphatic heterocycles. The number of rotatable bonds is 5. The molecule has 0 aliphatic carbocycles. The molecule has 0 fully saturated rings. The summed E-state index contributed by atoms with van der Waals surface area (Å²) < 4.78 is 0. The van der Waals surface area contributed by atoms with Crippen LogP contribution in [0.1, 0.15) is 32.8 Å². The first-order valence-corrected chi connectivity index (χ1v) is 5.71. The number of carboxylic acid groups (broad SMARTS) is 1. The monoisotopic (exact) mass is 220 g/mol. The van der Waals surface area contributed by atoms with Gasteiger partial charge in [-0.3, -0.25) is 4.79 Å². The molecule has 1 aromatic rings. The van der Waals surface area contributed by atoms with Crippen LogP contribution in [0.5, 0.6) is 0 Å². The van der Waals surface area contributed by atoms with Crippen LogP contribution >= 0.6 is 0 Å². The average Bonchev–Trinajstić information content (AvgIpc) is 2.17. The van der Waals surface area contributed by atoms with Crippen molar-refractivity contribution in [2.24, 2.45) is 11.3 Å². The zero-order valence-corrected chi connectivity index (χ0v) is 10.2. The van der Waals surface area contributed by atoms with Crippen LogP contribution in [0, 0.1) is 11.3 Å². The molecule has 0 heterocycles. The van der Waals surface area contributed by atoms with Crippen molar-refractivity contribution in [1.82, 2.24) is 0 Å². The van der Waals surface area contributed by atoms with Gasteiger partial charge in [0.2, 0.25) is 0 Å². The molecule has 1 rings (SSSR count). The van der Waals surface area contributed by atoms with Gasteiger partial charge < -0.3 is 5.11 Å². The number of aliphatic carboxylic acids is 1. The SMILES string of the molecule is CC(C)C[C@@](C)(Cc1ccccc1)C(=O)O. The maximum absolute atomic E-state index is 11.4. The van der Waals surface area contributed by atoms with Crippen LogP contribution < -0.4 is 0 Å². The quantitative estimate of drug-likeness (QED) is 0.826. The number of carboxylic acids is 1. The lowest BCUT2D eigenvalue weighted by molar-refractivity contribution is -0.148. The van der Waals surface area contributed by atoms with E-state index in [4.69, 9.17) is 0 Å². The first kappa shape index (κ1) is 12.8. The molecule has 0 unspecified atom stereocenters. The van der Waals surface area contributed by atoms with Crippen LogP contribution in [-0.2, 0) is 11.2 Å². The molecule has 0 aromatic heterocycles. The van der Waals surface area contributed by atoms with E-state index in [9.17, 15) is 9.90 Å². The number of hydrogen-bond donors (Lipinski definition) is 1. The molecule has 2 nitrogen and oxygen atoms in total. The second-order valence-electron chi connectivity index (χ2n) is 5.13. The lowest BCUT2D eigenvalue weighted by atomic mass is 9.77. The van der Waals surface area contributed by atoms with Crippen LogP contribution in [0.3, 0.4) is 0 Å². The first-order chi connectivity index (χ1) is 7.44. The van der Waals surface area contributed by atoms with E-state index in [0.717, 1.165) is 5.56 Å². The second kappa shape index (κ2) is 5.15. The van der Waals surface area contributed by atoms with Crippen molar-refractivity contribution in [1.29, 1.82) is 0 Å². The van der Waals surface area contributed by atoms with Gasteiger partial charge in [-0.25, -0.2) is 0 Å². The van der Waals surface area contributed by atoms with Crippen LogP contribution in [0.4, 0.5) is 0 Å². The average molecular weight is 220 g/mol. The molecule has 1 aromatic carbocycles. The molecule has 88 valence electrons. The second-order valence-corrected chi connectivity index (χ2v) is 5.13. The Morgan fingerprint density at radius 2 is 1.88 bits per heavy atom. The normalized spacial score (nSPS) is 14.8. The lowest BCUT2D eigenvalue weighted by Gasteiger charge is -2.26. The van der Waals surface area contributed by atoms with E-state index >= 15 is 0 Å². The van der Waals surface area contributed by atoms with E-state index < -0.39 is 11.4 Å². The fraction of sp³-hybridized carbons (Fsp3) is 0.500. The van der Waals surface area contributed by atoms with E-state index in [1.165, 1.54) is 0 Å². The molecule has 1 N–H and O–H groups in total. The van der Waals surface area contributed by atoms with Crippen molar-refractivity contribution >= 4 is 5.97 Å². The lowest BCUT2D eigenvalue weighted by Crippen LogP contribution is -2.31. The molecule has 0 aliphatic rings. The molecule has 2 heteroatoms. The molecule has 0 amide bonds. The third-order valence-corrected chi connectivity index (χ3v) is 2.81. The largest absolute Gasteiger partial charge is 0.481 e. The topological polar surface area (TPSA) is 37.3 Å². The summed E-state index contributed by atoms with van der Waals surface area (Å²) in [6.07, 6.45) is 1.30. The first-order valence-electron chi connectivity index (χ1n) is 5.71. The van der Waals surface area contributed by atoms with Gasteiger partial charge in [-0.05, 0) is 31.2 Å². The van der Waals surface area contributed by atoms with Gasteiger partial charge in [0.05, 0.1) is 5.41 Å². The minimum absolute atomic E-state index is 0.393. The molecule has 1 atom stereocenters.